The molecule has 0 aromatic carbocycles. The summed E-state index contributed by atoms with van der Waals surface area (Å²) in [5.41, 5.74) is 5.33. The number of ether oxygens (including phenoxy) is 1. The van der Waals surface area contributed by atoms with E-state index in [4.69, 9.17) is 10.5 Å². The van der Waals surface area contributed by atoms with Crippen molar-refractivity contribution in [3.63, 3.8) is 0 Å². The molecular formula is C8H11NO3. The van der Waals surface area contributed by atoms with Gasteiger partial charge in [-0.2, -0.15) is 0 Å². The van der Waals surface area contributed by atoms with Crippen LogP contribution in [0.25, 0.3) is 0 Å². The van der Waals surface area contributed by atoms with Crippen LogP contribution in [0.1, 0.15) is 19.8 Å². The Hall–Kier alpha value is -1.16. The Labute approximate surface area is 70.4 Å². The van der Waals surface area contributed by atoms with Gasteiger partial charge in [0.2, 0.25) is 0 Å². The molecule has 1 atom stereocenters. The summed E-state index contributed by atoms with van der Waals surface area (Å²) < 4.78 is 4.77. The molecule has 12 heavy (non-hydrogen) atoms. The molecule has 0 fully saturated rings. The van der Waals surface area contributed by atoms with Gasteiger partial charge in [0.25, 0.3) is 0 Å². The summed E-state index contributed by atoms with van der Waals surface area (Å²) in [7, 11) is 0. The van der Waals surface area contributed by atoms with Gasteiger partial charge in [0.15, 0.2) is 0 Å². The topological polar surface area (TPSA) is 69.4 Å². The zero-order chi connectivity index (χ0) is 9.14. The molecule has 0 saturated carbocycles. The van der Waals surface area contributed by atoms with Gasteiger partial charge in [-0.15, -0.1) is 0 Å². The first-order valence-corrected chi connectivity index (χ1v) is 3.77. The van der Waals surface area contributed by atoms with Crippen LogP contribution in [0.15, 0.2) is 11.8 Å². The van der Waals surface area contributed by atoms with Crippen molar-refractivity contribution < 1.29 is 14.3 Å². The van der Waals surface area contributed by atoms with Crippen molar-refractivity contribution in [2.45, 2.75) is 25.8 Å². The lowest BCUT2D eigenvalue weighted by atomic mass is 10.2. The number of esters is 1. The molecule has 0 aliphatic heterocycles. The maximum Gasteiger partial charge on any atom is 0.311 e. The number of nitrogens with two attached hydrogens (primary N) is 1. The summed E-state index contributed by atoms with van der Waals surface area (Å²) in [6.45, 7) is 1.44. The van der Waals surface area contributed by atoms with Gasteiger partial charge in [0, 0.05) is 6.42 Å². The van der Waals surface area contributed by atoms with Crippen LogP contribution in [0.4, 0.5) is 0 Å². The van der Waals surface area contributed by atoms with Gasteiger partial charge >= 0.3 is 5.97 Å². The number of rotatable bonds is 4. The van der Waals surface area contributed by atoms with Crippen molar-refractivity contribution in [2.75, 3.05) is 0 Å². The average Bonchev–Trinajstić information content (AvgIpc) is 2.62. The zero-order valence-corrected chi connectivity index (χ0v) is 6.87. The van der Waals surface area contributed by atoms with Gasteiger partial charge in [-0.25, -0.2) is 0 Å². The highest BCUT2D eigenvalue weighted by Gasteiger charge is 2.24. The molecule has 1 aliphatic carbocycles. The largest absolute Gasteiger partial charge is 0.429 e. The molecule has 0 saturated heterocycles. The van der Waals surface area contributed by atoms with E-state index < -0.39 is 0 Å². The van der Waals surface area contributed by atoms with Crippen molar-refractivity contribution in [1.29, 1.82) is 0 Å². The van der Waals surface area contributed by atoms with Crippen molar-refractivity contribution in [2.24, 2.45) is 5.73 Å². The fourth-order valence-corrected chi connectivity index (χ4v) is 0.691. The summed E-state index contributed by atoms with van der Waals surface area (Å²) in [6, 6.07) is -0.189. The molecule has 4 nitrogen and oxygen atoms in total. The highest BCUT2D eigenvalue weighted by Crippen LogP contribution is 2.19. The Kier molecular flexibility index (Phi) is 2.60. The van der Waals surface area contributed by atoms with Crippen LogP contribution in [-0.2, 0) is 14.3 Å². The molecule has 0 bridgehead atoms. The van der Waals surface area contributed by atoms with Crippen LogP contribution < -0.4 is 5.73 Å². The highest BCUT2D eigenvalue weighted by molar-refractivity contribution is 5.81. The lowest BCUT2D eigenvalue weighted by Crippen LogP contribution is -2.09. The Balaban J connectivity index is 2.13. The van der Waals surface area contributed by atoms with Crippen molar-refractivity contribution in [3.05, 3.63) is 11.8 Å². The van der Waals surface area contributed by atoms with Gasteiger partial charge < -0.3 is 15.3 Å². The first-order valence-electron chi connectivity index (χ1n) is 3.77. The molecule has 0 aromatic rings. The molecule has 1 unspecified atom stereocenters. The second-order valence-corrected chi connectivity index (χ2v) is 2.77. The van der Waals surface area contributed by atoms with Gasteiger partial charge in [-0.05, 0) is 13.0 Å². The summed E-state index contributed by atoms with van der Waals surface area (Å²) in [5.74, 6) is 0.119. The number of Topliss-reactive ketones (excluding diaryl/α,β-unsaturated/α-hetero) is 1. The molecule has 1 rings (SSSR count). The maximum absolute atomic E-state index is 10.9. The molecule has 66 valence electrons. The van der Waals surface area contributed by atoms with Crippen LogP contribution in [0.3, 0.4) is 0 Å². The maximum atomic E-state index is 10.9. The SMILES string of the molecule is CC(=O)CCC(=O)OC1=CC1N. The van der Waals surface area contributed by atoms with Crippen molar-refractivity contribution in [1.82, 2.24) is 0 Å². The van der Waals surface area contributed by atoms with Crippen LogP contribution in [0, 0.1) is 0 Å². The molecular weight excluding hydrogens is 158 g/mol. The molecule has 4 heteroatoms. The Morgan fingerprint density at radius 1 is 1.58 bits per heavy atom. The number of hydrogen-bond donors (Lipinski definition) is 1. The van der Waals surface area contributed by atoms with Gasteiger partial charge in [-0.1, -0.05) is 0 Å². The molecule has 2 N–H and O–H groups in total. The standard InChI is InChI=1S/C8H11NO3/c1-5(10)2-3-8(11)12-7-4-6(7)9/h4,6H,2-3,9H2,1H3. The molecule has 0 heterocycles. The van der Waals surface area contributed by atoms with Crippen molar-refractivity contribution in [3.8, 4) is 0 Å². The second kappa shape index (κ2) is 3.49. The van der Waals surface area contributed by atoms with E-state index in [2.05, 4.69) is 0 Å². The predicted molar refractivity (Wildman–Crippen MR) is 42.1 cm³/mol. The van der Waals surface area contributed by atoms with E-state index in [0.717, 1.165) is 0 Å². The van der Waals surface area contributed by atoms with Crippen LogP contribution in [0.5, 0.6) is 0 Å². The molecule has 0 amide bonds. The zero-order valence-electron chi connectivity index (χ0n) is 6.87. The minimum atomic E-state index is -0.385. The predicted octanol–water partition coefficient (Wildman–Crippen LogP) is 0.124. The smallest absolute Gasteiger partial charge is 0.311 e. The Morgan fingerprint density at radius 2 is 2.17 bits per heavy atom. The average molecular weight is 169 g/mol. The number of carbonyl (C=O) groups excluding carboxylic acids is 2. The van der Waals surface area contributed by atoms with Crippen LogP contribution >= 0.6 is 0 Å². The quantitative estimate of drug-likeness (QED) is 0.607. The summed E-state index contributed by atoms with van der Waals surface area (Å²) in [5, 5.41) is 0. The van der Waals surface area contributed by atoms with Crippen molar-refractivity contribution >= 4 is 11.8 Å². The van der Waals surface area contributed by atoms with Gasteiger partial charge in [0.1, 0.15) is 11.5 Å². The Bertz CT molecular complexity index is 245. The minimum absolute atomic E-state index is 0.0129. The summed E-state index contributed by atoms with van der Waals surface area (Å²) >= 11 is 0. The summed E-state index contributed by atoms with van der Waals surface area (Å²) in [4.78, 5) is 21.3. The third-order valence-electron chi connectivity index (χ3n) is 1.48. The molecule has 0 radical (unpaired) electrons. The normalized spacial score (nSPS) is 19.8. The Morgan fingerprint density at radius 3 is 2.58 bits per heavy atom. The molecule has 0 aromatic heterocycles. The van der Waals surface area contributed by atoms with Crippen LogP contribution in [0.2, 0.25) is 0 Å². The van der Waals surface area contributed by atoms with E-state index in [1.165, 1.54) is 6.92 Å². The second-order valence-electron chi connectivity index (χ2n) is 2.77. The molecule has 1 aliphatic rings. The fraction of sp³-hybridized carbons (Fsp3) is 0.500. The first kappa shape index (κ1) is 8.93. The van der Waals surface area contributed by atoms with E-state index >= 15 is 0 Å². The lowest BCUT2D eigenvalue weighted by molar-refractivity contribution is -0.140. The minimum Gasteiger partial charge on any atom is -0.429 e. The number of ketones is 1. The van der Waals surface area contributed by atoms with E-state index in [-0.39, 0.29) is 30.6 Å². The van der Waals surface area contributed by atoms with E-state index in [1.807, 2.05) is 0 Å². The lowest BCUT2D eigenvalue weighted by Gasteiger charge is -1.98. The molecule has 0 spiro atoms. The third-order valence-corrected chi connectivity index (χ3v) is 1.48. The monoisotopic (exact) mass is 169 g/mol. The van der Waals surface area contributed by atoms with E-state index in [1.54, 1.807) is 6.08 Å². The van der Waals surface area contributed by atoms with Gasteiger partial charge in [0.05, 0.1) is 12.5 Å². The van der Waals surface area contributed by atoms with Gasteiger partial charge in [-0.3, -0.25) is 4.79 Å². The van der Waals surface area contributed by atoms with E-state index in [9.17, 15) is 9.59 Å². The third kappa shape index (κ3) is 2.84. The number of hydrogen-bond acceptors (Lipinski definition) is 4. The van der Waals surface area contributed by atoms with E-state index in [0.29, 0.717) is 5.76 Å². The fourth-order valence-electron chi connectivity index (χ4n) is 0.691. The summed E-state index contributed by atoms with van der Waals surface area (Å²) in [6.07, 6.45) is 2.02. The first-order chi connectivity index (χ1) is 5.59. The number of carbonyl (C=O) groups is 2. The van der Waals surface area contributed by atoms with Crippen LogP contribution in [-0.4, -0.2) is 17.8 Å². The highest BCUT2D eigenvalue weighted by atomic mass is 16.5.